The van der Waals surface area contributed by atoms with E-state index in [1.54, 1.807) is 0 Å². The van der Waals surface area contributed by atoms with E-state index in [0.29, 0.717) is 0 Å². The molecule has 4 nitrogen and oxygen atoms in total. The summed E-state index contributed by atoms with van der Waals surface area (Å²) in [6, 6.07) is 134. The van der Waals surface area contributed by atoms with E-state index in [1.165, 1.54) is 162 Å². The predicted molar refractivity (Wildman–Crippen MR) is 559 cm³/mol. The minimum absolute atomic E-state index is 0.216. The molecule has 0 amide bonds. The minimum atomic E-state index is -0.816. The molecule has 0 unspecified atom stereocenters. The highest BCUT2D eigenvalue weighted by molar-refractivity contribution is 7.27. The highest BCUT2D eigenvalue weighted by atomic mass is 32.1. The average Bonchev–Trinajstić information content (AvgIpc) is 1.49. The molecule has 17 aromatic carbocycles. The van der Waals surface area contributed by atoms with Crippen LogP contribution < -0.4 is 30.9 Å². The number of benzene rings is 17. The SMILES string of the molecule is CC(C)(C)c1cc(-c2cc(-c3ccccc3)c3sc4ccccc4c3c2N2c3cc(-n4c5ccccc5c5ccc(-c6ccccc6)cc54)ccc3B3c4cc5c(cc4N(c4c(-c6cc(C(C)(C)C)cc(C(C)(C)C)c6)cc(-c6ccccc6)c6sc7ccccc7c46)c4cc(C(C)(C)C)cc2c43)Oc2ccccc2C52c3ccccc3-c3ccccc32)cc(C(C)(C)C)c1. The van der Waals surface area contributed by atoms with Gasteiger partial charge < -0.3 is 19.1 Å². The summed E-state index contributed by atoms with van der Waals surface area (Å²) in [5, 5.41) is 7.29. The third-order valence-electron chi connectivity index (χ3n) is 28.7. The van der Waals surface area contributed by atoms with Gasteiger partial charge in [-0.1, -0.05) is 377 Å². The van der Waals surface area contributed by atoms with Crippen molar-refractivity contribution in [2.75, 3.05) is 9.80 Å². The van der Waals surface area contributed by atoms with Gasteiger partial charge in [0, 0.05) is 119 Å². The summed E-state index contributed by atoms with van der Waals surface area (Å²) in [5.74, 6) is 1.69. The zero-order valence-corrected chi connectivity index (χ0v) is 78.2. The van der Waals surface area contributed by atoms with Gasteiger partial charge in [0.1, 0.15) is 11.5 Å². The fourth-order valence-electron chi connectivity index (χ4n) is 22.1. The molecule has 3 aliphatic heterocycles. The van der Waals surface area contributed by atoms with Crippen LogP contribution >= 0.6 is 22.7 Å². The van der Waals surface area contributed by atoms with Gasteiger partial charge in [-0.05, 0) is 194 Å². The van der Waals surface area contributed by atoms with Crippen molar-refractivity contribution in [2.45, 2.75) is 136 Å². The summed E-state index contributed by atoms with van der Waals surface area (Å²) in [4.78, 5) is 5.67. The second-order valence-corrected chi connectivity index (χ2v) is 44.0. The van der Waals surface area contributed by atoms with Crippen molar-refractivity contribution in [3.05, 3.63) is 396 Å². The zero-order chi connectivity index (χ0) is 88.7. The van der Waals surface area contributed by atoms with Crippen LogP contribution in [0.15, 0.2) is 346 Å². The molecule has 0 fully saturated rings. The van der Waals surface area contributed by atoms with Gasteiger partial charge >= 0.3 is 0 Å². The number of nitrogens with zero attached hydrogens (tertiary/aromatic N) is 3. The molecule has 0 radical (unpaired) electrons. The van der Waals surface area contributed by atoms with Crippen LogP contribution in [-0.2, 0) is 32.5 Å². The highest BCUT2D eigenvalue weighted by Crippen LogP contribution is 2.65. The van der Waals surface area contributed by atoms with Crippen molar-refractivity contribution < 1.29 is 4.74 Å². The summed E-state index contributed by atoms with van der Waals surface area (Å²) in [6.45, 7) is 35.6. The van der Waals surface area contributed by atoms with Gasteiger partial charge in [-0.25, -0.2) is 0 Å². The molecule has 0 atom stereocenters. The van der Waals surface area contributed by atoms with Crippen LogP contribution in [0.25, 0.3) is 135 Å². The number of thiophene rings is 2. The Balaban J connectivity index is 0.928. The molecule has 0 N–H and O–H groups in total. The van der Waals surface area contributed by atoms with E-state index in [1.807, 2.05) is 22.7 Å². The molecular weight excluding hydrogens is 1610 g/mol. The van der Waals surface area contributed by atoms with E-state index in [0.717, 1.165) is 84.6 Å². The normalized spacial score (nSPS) is 13.9. The van der Waals surface area contributed by atoms with Gasteiger partial charge in [0.2, 0.25) is 0 Å². The van der Waals surface area contributed by atoms with Crippen LogP contribution in [0.4, 0.5) is 34.1 Å². The summed E-state index contributed by atoms with van der Waals surface area (Å²) in [6.07, 6.45) is 0. The Morgan fingerprint density at radius 1 is 0.269 bits per heavy atom. The van der Waals surface area contributed by atoms with Crippen molar-refractivity contribution in [3.8, 4) is 83.9 Å². The third-order valence-corrected chi connectivity index (χ3v) is 31.1. The lowest BCUT2D eigenvalue weighted by atomic mass is 9.33. The van der Waals surface area contributed by atoms with Crippen molar-refractivity contribution in [2.24, 2.45) is 0 Å². The molecule has 24 rings (SSSR count). The number of fused-ring (bicyclic) bond motifs is 22. The number of hydrogen-bond acceptors (Lipinski definition) is 5. The maximum absolute atomic E-state index is 7.96. The number of hydrogen-bond donors (Lipinski definition) is 0. The van der Waals surface area contributed by atoms with E-state index < -0.39 is 17.5 Å². The number of rotatable bonds is 8. The lowest BCUT2D eigenvalue weighted by molar-refractivity contribution is 0.437. The van der Waals surface area contributed by atoms with Gasteiger partial charge in [0.05, 0.1) is 27.8 Å². The van der Waals surface area contributed by atoms with Gasteiger partial charge in [-0.15, -0.1) is 22.7 Å². The van der Waals surface area contributed by atoms with Crippen LogP contribution in [0.5, 0.6) is 11.5 Å². The first-order chi connectivity index (χ1) is 62.6. The average molecular weight is 1710 g/mol. The maximum Gasteiger partial charge on any atom is 0.252 e. The molecule has 0 saturated carbocycles. The molecular formula is C123H102BN3OS2. The van der Waals surface area contributed by atoms with Gasteiger partial charge in [0.15, 0.2) is 0 Å². The van der Waals surface area contributed by atoms with E-state index in [4.69, 9.17) is 4.74 Å². The quantitative estimate of drug-likeness (QED) is 0.141. The van der Waals surface area contributed by atoms with Crippen LogP contribution in [-0.4, -0.2) is 11.3 Å². The smallest absolute Gasteiger partial charge is 0.252 e. The Kier molecular flexibility index (Phi) is 17.6. The minimum Gasteiger partial charge on any atom is -0.457 e. The lowest BCUT2D eigenvalue weighted by Crippen LogP contribution is -2.62. The first kappa shape index (κ1) is 79.8. The second-order valence-electron chi connectivity index (χ2n) is 41.9. The molecule has 20 aromatic rings. The van der Waals surface area contributed by atoms with Gasteiger partial charge in [0.25, 0.3) is 6.71 Å². The topological polar surface area (TPSA) is 20.6 Å². The molecule has 6 heterocycles. The Morgan fingerprint density at radius 3 is 1.20 bits per heavy atom. The van der Waals surface area contributed by atoms with Crippen LogP contribution in [0, 0.1) is 0 Å². The van der Waals surface area contributed by atoms with Gasteiger partial charge in [-0.3, -0.25) is 0 Å². The molecule has 7 heteroatoms. The maximum atomic E-state index is 7.96. The second kappa shape index (κ2) is 28.7. The van der Waals surface area contributed by atoms with Crippen molar-refractivity contribution in [3.63, 3.8) is 0 Å². The van der Waals surface area contributed by atoms with Crippen LogP contribution in [0.2, 0.25) is 0 Å². The number of para-hydroxylation sites is 2. The summed E-state index contributed by atoms with van der Waals surface area (Å²) >= 11 is 3.84. The molecule has 0 saturated heterocycles. The summed E-state index contributed by atoms with van der Waals surface area (Å²) in [7, 11) is 0. The highest BCUT2D eigenvalue weighted by Gasteiger charge is 2.54. The molecule has 1 spiro atoms. The number of anilines is 6. The Labute approximate surface area is 771 Å². The fraction of sp³-hybridized carbons (Fsp3) is 0.171. The monoisotopic (exact) mass is 1710 g/mol. The Hall–Kier alpha value is -13.6. The molecule has 4 aliphatic rings. The van der Waals surface area contributed by atoms with Crippen molar-refractivity contribution in [1.29, 1.82) is 0 Å². The Bertz CT molecular complexity index is 8060. The molecule has 0 bridgehead atoms. The first-order valence-corrected chi connectivity index (χ1v) is 47.8. The van der Waals surface area contributed by atoms with Crippen molar-refractivity contribution >= 4 is 142 Å². The lowest BCUT2D eigenvalue weighted by Gasteiger charge is -2.47. The zero-order valence-electron chi connectivity index (χ0n) is 76.6. The summed E-state index contributed by atoms with van der Waals surface area (Å²) in [5.41, 5.74) is 37.0. The van der Waals surface area contributed by atoms with E-state index >= 15 is 0 Å². The number of ether oxygens (including phenoxy) is 1. The van der Waals surface area contributed by atoms with Crippen LogP contribution in [0.1, 0.15) is 154 Å². The largest absolute Gasteiger partial charge is 0.457 e. The van der Waals surface area contributed by atoms with E-state index in [-0.39, 0.29) is 21.7 Å². The van der Waals surface area contributed by atoms with Crippen LogP contribution in [0.3, 0.4) is 0 Å². The van der Waals surface area contributed by atoms with Gasteiger partial charge in [-0.2, -0.15) is 0 Å². The number of aromatic nitrogens is 1. The molecule has 630 valence electrons. The third kappa shape index (κ3) is 12.1. The fourth-order valence-corrected chi connectivity index (χ4v) is 24.6. The van der Waals surface area contributed by atoms with Crippen molar-refractivity contribution in [1.82, 2.24) is 4.57 Å². The molecule has 130 heavy (non-hydrogen) atoms. The molecule has 1 aliphatic carbocycles. The molecule has 3 aromatic heterocycles. The predicted octanol–water partition coefficient (Wildman–Crippen LogP) is 32.9. The van der Waals surface area contributed by atoms with E-state index in [2.05, 4.69) is 464 Å². The first-order valence-electron chi connectivity index (χ1n) is 46.2. The van der Waals surface area contributed by atoms with E-state index in [9.17, 15) is 0 Å². The Morgan fingerprint density at radius 2 is 0.692 bits per heavy atom. The standard InChI is InChI=1S/C123H102BN3OS2/c1-118(2,3)79-59-77(60-80(64-79)119(4,5)6)91-69-93(74-39-21-17-22-40-74)116-111(89-46-28-35-53-109(89)129-116)114(91)126-103-68-84(125-101-51-33-27-45-87(101)88-57-55-76(63-102(88)125)73-37-19-16-20-38-73)56-58-99(103)124-100-71-98-108(128-107-52-34-32-50-97(107)123(98)95-48-30-25-43-85(95)86-44-26-31-49-96(86)123)72-104(100)127(106-67-83(122(13,14)15)66-105(126)113(106)124)115-92(78-61-81(120(7,8)9)65-82(62-78)121(10,11)12)70-94(75-41-23-18-24-42-75)117-112(115)90-47-29-36-54-110(90)130-117/h16-72H,1-15H3. The summed E-state index contributed by atoms with van der Waals surface area (Å²) < 4.78 is 15.5.